The second kappa shape index (κ2) is 6.66. The average Bonchev–Trinajstić information content (AvgIpc) is 2.70. The molecule has 1 rings (SSSR count). The lowest BCUT2D eigenvalue weighted by atomic mass is 10.2. The molecule has 0 unspecified atom stereocenters. The number of alkyl halides is 3. The summed E-state index contributed by atoms with van der Waals surface area (Å²) in [6.07, 6.45) is -3.79. The number of nitrogens with one attached hydrogen (secondary N) is 2. The molecule has 6 N–H and O–H groups in total. The topological polar surface area (TPSA) is 110 Å². The number of thiophene rings is 1. The SMILES string of the molecule is CCCNC(=O)c1sc(NCC(F)(F)F)c(C(N)=O)c1N. The first kappa shape index (κ1) is 17.1. The molecule has 1 aromatic rings. The molecule has 0 radical (unpaired) electrons. The van der Waals surface area contributed by atoms with Gasteiger partial charge in [0.1, 0.15) is 16.4 Å². The van der Waals surface area contributed by atoms with Crippen LogP contribution < -0.4 is 22.1 Å². The Hall–Kier alpha value is -1.97. The number of carbonyl (C=O) groups is 2. The summed E-state index contributed by atoms with van der Waals surface area (Å²) in [4.78, 5) is 23.1. The summed E-state index contributed by atoms with van der Waals surface area (Å²) in [5.74, 6) is -1.55. The van der Waals surface area contributed by atoms with Gasteiger partial charge in [-0.15, -0.1) is 11.3 Å². The number of hydrogen-bond acceptors (Lipinski definition) is 5. The number of nitrogen functional groups attached to an aromatic ring is 1. The van der Waals surface area contributed by atoms with E-state index in [0.717, 1.165) is 0 Å². The third kappa shape index (κ3) is 4.52. The zero-order valence-electron chi connectivity index (χ0n) is 11.1. The molecule has 0 aliphatic carbocycles. The third-order valence-electron chi connectivity index (χ3n) is 2.38. The van der Waals surface area contributed by atoms with Crippen LogP contribution in [0.15, 0.2) is 0 Å². The van der Waals surface area contributed by atoms with Crippen molar-refractivity contribution in [1.29, 1.82) is 0 Å². The molecule has 0 aromatic carbocycles. The molecule has 0 atom stereocenters. The first-order chi connectivity index (χ1) is 9.67. The summed E-state index contributed by atoms with van der Waals surface area (Å²) in [5, 5.41) is 4.40. The summed E-state index contributed by atoms with van der Waals surface area (Å²) in [7, 11) is 0. The number of nitrogens with two attached hydrogens (primary N) is 2. The van der Waals surface area contributed by atoms with Crippen molar-refractivity contribution >= 4 is 33.8 Å². The monoisotopic (exact) mass is 324 g/mol. The molecule has 0 spiro atoms. The molecule has 118 valence electrons. The maximum absolute atomic E-state index is 12.2. The van der Waals surface area contributed by atoms with E-state index in [1.165, 1.54) is 0 Å². The highest BCUT2D eigenvalue weighted by Crippen LogP contribution is 2.36. The van der Waals surface area contributed by atoms with Crippen LogP contribution in [0.1, 0.15) is 33.4 Å². The van der Waals surface area contributed by atoms with Gasteiger partial charge in [-0.3, -0.25) is 9.59 Å². The fourth-order valence-corrected chi connectivity index (χ4v) is 2.52. The first-order valence-electron chi connectivity index (χ1n) is 5.98. The minimum atomic E-state index is -4.47. The van der Waals surface area contributed by atoms with Gasteiger partial charge in [0.25, 0.3) is 11.8 Å². The zero-order chi connectivity index (χ0) is 16.2. The minimum Gasteiger partial charge on any atom is -0.397 e. The van der Waals surface area contributed by atoms with Gasteiger partial charge in [-0.05, 0) is 6.42 Å². The van der Waals surface area contributed by atoms with Crippen LogP contribution in [-0.2, 0) is 0 Å². The van der Waals surface area contributed by atoms with Gasteiger partial charge in [0.2, 0.25) is 0 Å². The molecular formula is C11H15F3N4O2S. The molecule has 0 bridgehead atoms. The molecule has 1 heterocycles. The lowest BCUT2D eigenvalue weighted by molar-refractivity contribution is -0.115. The standard InChI is InChI=1S/C11H15F3N4O2S/c1-2-3-17-9(20)7-6(15)5(8(16)19)10(21-7)18-4-11(12,13)14/h18H,2-4,15H2,1H3,(H2,16,19)(H,17,20). The number of anilines is 2. The number of halogens is 3. The fraction of sp³-hybridized carbons (Fsp3) is 0.455. The maximum Gasteiger partial charge on any atom is 0.405 e. The van der Waals surface area contributed by atoms with Crippen LogP contribution in [0.2, 0.25) is 0 Å². The Balaban J connectivity index is 3.07. The van der Waals surface area contributed by atoms with Crippen LogP contribution in [0.4, 0.5) is 23.9 Å². The van der Waals surface area contributed by atoms with Crippen LogP contribution in [0, 0.1) is 0 Å². The summed E-state index contributed by atoms with van der Waals surface area (Å²) < 4.78 is 36.7. The number of primary amides is 1. The third-order valence-corrected chi connectivity index (χ3v) is 3.54. The number of carbonyl (C=O) groups excluding carboxylic acids is 2. The highest BCUT2D eigenvalue weighted by molar-refractivity contribution is 7.19. The Morgan fingerprint density at radius 3 is 2.43 bits per heavy atom. The van der Waals surface area contributed by atoms with Gasteiger partial charge >= 0.3 is 6.18 Å². The molecule has 6 nitrogen and oxygen atoms in total. The Morgan fingerprint density at radius 1 is 1.33 bits per heavy atom. The molecular weight excluding hydrogens is 309 g/mol. The van der Waals surface area contributed by atoms with Gasteiger partial charge < -0.3 is 22.1 Å². The fourth-order valence-electron chi connectivity index (χ4n) is 1.48. The Labute approximate surface area is 122 Å². The smallest absolute Gasteiger partial charge is 0.397 e. The summed E-state index contributed by atoms with van der Waals surface area (Å²) in [5.41, 5.74) is 10.2. The summed E-state index contributed by atoms with van der Waals surface area (Å²) in [6, 6.07) is 0. The zero-order valence-corrected chi connectivity index (χ0v) is 12.0. The summed E-state index contributed by atoms with van der Waals surface area (Å²) >= 11 is 0.665. The van der Waals surface area contributed by atoms with E-state index in [1.54, 1.807) is 0 Å². The predicted molar refractivity (Wildman–Crippen MR) is 74.4 cm³/mol. The second-order valence-corrected chi connectivity index (χ2v) is 5.16. The van der Waals surface area contributed by atoms with Crippen LogP contribution in [-0.4, -0.2) is 31.1 Å². The van der Waals surface area contributed by atoms with E-state index >= 15 is 0 Å². The van der Waals surface area contributed by atoms with E-state index in [2.05, 4.69) is 5.32 Å². The number of amides is 2. The van der Waals surface area contributed by atoms with E-state index < -0.39 is 24.5 Å². The number of rotatable bonds is 6. The Bertz CT molecular complexity index is 542. The Morgan fingerprint density at radius 2 is 1.95 bits per heavy atom. The maximum atomic E-state index is 12.2. The van der Waals surface area contributed by atoms with Crippen molar-refractivity contribution in [3.05, 3.63) is 10.4 Å². The highest BCUT2D eigenvalue weighted by Gasteiger charge is 2.30. The van der Waals surface area contributed by atoms with Crippen molar-refractivity contribution < 1.29 is 22.8 Å². The number of hydrogen-bond donors (Lipinski definition) is 4. The Kier molecular flexibility index (Phi) is 5.41. The normalized spacial score (nSPS) is 11.2. The van der Waals surface area contributed by atoms with Crippen molar-refractivity contribution in [2.75, 3.05) is 24.1 Å². The minimum absolute atomic E-state index is 0.0399. The van der Waals surface area contributed by atoms with Gasteiger partial charge in [0, 0.05) is 6.54 Å². The average molecular weight is 324 g/mol. The van der Waals surface area contributed by atoms with Crippen LogP contribution in [0.25, 0.3) is 0 Å². The van der Waals surface area contributed by atoms with Crippen molar-refractivity contribution in [2.45, 2.75) is 19.5 Å². The van der Waals surface area contributed by atoms with Crippen molar-refractivity contribution in [2.24, 2.45) is 5.73 Å². The van der Waals surface area contributed by atoms with E-state index in [1.807, 2.05) is 12.2 Å². The van der Waals surface area contributed by atoms with Crippen molar-refractivity contribution in [3.63, 3.8) is 0 Å². The molecule has 10 heteroatoms. The largest absolute Gasteiger partial charge is 0.405 e. The lowest BCUT2D eigenvalue weighted by Gasteiger charge is -2.08. The summed E-state index contributed by atoms with van der Waals surface area (Å²) in [6.45, 7) is 0.861. The molecule has 21 heavy (non-hydrogen) atoms. The van der Waals surface area contributed by atoms with Crippen LogP contribution in [0.5, 0.6) is 0 Å². The van der Waals surface area contributed by atoms with Gasteiger partial charge in [0.05, 0.1) is 11.3 Å². The molecule has 0 aliphatic heterocycles. The molecule has 0 fully saturated rings. The van der Waals surface area contributed by atoms with E-state index in [9.17, 15) is 22.8 Å². The van der Waals surface area contributed by atoms with Gasteiger partial charge in [-0.1, -0.05) is 6.92 Å². The van der Waals surface area contributed by atoms with Gasteiger partial charge in [0.15, 0.2) is 0 Å². The van der Waals surface area contributed by atoms with Crippen molar-refractivity contribution in [3.8, 4) is 0 Å². The van der Waals surface area contributed by atoms with Crippen LogP contribution in [0.3, 0.4) is 0 Å². The second-order valence-electron chi connectivity index (χ2n) is 4.14. The molecule has 2 amide bonds. The molecule has 0 saturated heterocycles. The van der Waals surface area contributed by atoms with E-state index in [0.29, 0.717) is 24.3 Å². The molecule has 1 aromatic heterocycles. The van der Waals surface area contributed by atoms with E-state index in [-0.39, 0.29) is 21.1 Å². The highest BCUT2D eigenvalue weighted by atomic mass is 32.1. The lowest BCUT2D eigenvalue weighted by Crippen LogP contribution is -2.24. The first-order valence-corrected chi connectivity index (χ1v) is 6.80. The predicted octanol–water partition coefficient (Wildman–Crippen LogP) is 1.54. The molecule has 0 saturated carbocycles. The van der Waals surface area contributed by atoms with Gasteiger partial charge in [-0.2, -0.15) is 13.2 Å². The van der Waals surface area contributed by atoms with Crippen LogP contribution >= 0.6 is 11.3 Å². The van der Waals surface area contributed by atoms with Gasteiger partial charge in [-0.25, -0.2) is 0 Å². The molecule has 0 aliphatic rings. The van der Waals surface area contributed by atoms with Crippen molar-refractivity contribution in [1.82, 2.24) is 5.32 Å². The van der Waals surface area contributed by atoms with E-state index in [4.69, 9.17) is 11.5 Å². The quantitative estimate of drug-likeness (QED) is 0.636.